The maximum Gasteiger partial charge on any atom is 0.240 e. The molecule has 1 aliphatic rings. The van der Waals surface area contributed by atoms with Gasteiger partial charge >= 0.3 is 0 Å². The molecule has 0 bridgehead atoms. The molecule has 1 aromatic carbocycles. The van der Waals surface area contributed by atoms with Gasteiger partial charge < -0.3 is 5.32 Å². The molecular formula is C16H26N2O2S. The van der Waals surface area contributed by atoms with Crippen LogP contribution in [0.2, 0.25) is 0 Å². The molecule has 0 radical (unpaired) electrons. The summed E-state index contributed by atoms with van der Waals surface area (Å²) in [6.07, 6.45) is 5.64. The van der Waals surface area contributed by atoms with Crippen LogP contribution >= 0.6 is 0 Å². The summed E-state index contributed by atoms with van der Waals surface area (Å²) in [4.78, 5) is 0.378. The predicted octanol–water partition coefficient (Wildman–Crippen LogP) is 2.44. The highest BCUT2D eigenvalue weighted by molar-refractivity contribution is 7.89. The SMILES string of the molecule is CCc1ccc(S(=O)(=O)NCC2CCCC2)cc1CNC. The molecule has 0 aromatic heterocycles. The number of hydrogen-bond donors (Lipinski definition) is 2. The number of aryl methyl sites for hydroxylation is 1. The molecular weight excluding hydrogens is 284 g/mol. The lowest BCUT2D eigenvalue weighted by Crippen LogP contribution is -2.28. The van der Waals surface area contributed by atoms with Gasteiger partial charge in [0.25, 0.3) is 0 Å². The van der Waals surface area contributed by atoms with E-state index in [1.165, 1.54) is 18.4 Å². The van der Waals surface area contributed by atoms with Crippen molar-refractivity contribution in [2.45, 2.75) is 50.5 Å². The van der Waals surface area contributed by atoms with Gasteiger partial charge in [-0.25, -0.2) is 13.1 Å². The first kappa shape index (κ1) is 16.5. The van der Waals surface area contributed by atoms with Gasteiger partial charge in [0.1, 0.15) is 0 Å². The van der Waals surface area contributed by atoms with Crippen LogP contribution in [0.4, 0.5) is 0 Å². The Balaban J connectivity index is 2.12. The number of nitrogens with one attached hydrogen (secondary N) is 2. The highest BCUT2D eigenvalue weighted by Crippen LogP contribution is 2.24. The van der Waals surface area contributed by atoms with Crippen molar-refractivity contribution in [1.29, 1.82) is 0 Å². The van der Waals surface area contributed by atoms with Crippen LogP contribution < -0.4 is 10.0 Å². The second-order valence-electron chi connectivity index (χ2n) is 5.82. The van der Waals surface area contributed by atoms with Gasteiger partial charge in [-0.2, -0.15) is 0 Å². The second-order valence-corrected chi connectivity index (χ2v) is 7.58. The third-order valence-corrected chi connectivity index (χ3v) is 5.69. The van der Waals surface area contributed by atoms with Crippen LogP contribution in [0.1, 0.15) is 43.7 Å². The van der Waals surface area contributed by atoms with E-state index in [4.69, 9.17) is 0 Å². The van der Waals surface area contributed by atoms with Crippen molar-refractivity contribution in [2.75, 3.05) is 13.6 Å². The van der Waals surface area contributed by atoms with Crippen LogP contribution in [0, 0.1) is 5.92 Å². The van der Waals surface area contributed by atoms with Gasteiger partial charge in [-0.1, -0.05) is 25.8 Å². The predicted molar refractivity (Wildman–Crippen MR) is 85.7 cm³/mol. The molecule has 118 valence electrons. The monoisotopic (exact) mass is 310 g/mol. The molecule has 2 N–H and O–H groups in total. The number of hydrogen-bond acceptors (Lipinski definition) is 3. The van der Waals surface area contributed by atoms with Crippen LogP contribution in [0.3, 0.4) is 0 Å². The van der Waals surface area contributed by atoms with E-state index in [-0.39, 0.29) is 0 Å². The van der Waals surface area contributed by atoms with E-state index < -0.39 is 10.0 Å². The lowest BCUT2D eigenvalue weighted by molar-refractivity contribution is 0.519. The average molecular weight is 310 g/mol. The minimum Gasteiger partial charge on any atom is -0.316 e. The molecule has 21 heavy (non-hydrogen) atoms. The number of rotatable bonds is 7. The van der Waals surface area contributed by atoms with Gasteiger partial charge in [0, 0.05) is 13.1 Å². The maximum absolute atomic E-state index is 12.4. The van der Waals surface area contributed by atoms with Crippen molar-refractivity contribution in [3.05, 3.63) is 29.3 Å². The standard InChI is InChI=1S/C16H26N2O2S/c1-3-14-8-9-16(10-15(14)12-17-2)21(19,20)18-11-13-6-4-5-7-13/h8-10,13,17-18H,3-7,11-12H2,1-2H3. The van der Waals surface area contributed by atoms with Crippen LogP contribution in [0.25, 0.3) is 0 Å². The van der Waals surface area contributed by atoms with E-state index in [2.05, 4.69) is 17.0 Å². The smallest absolute Gasteiger partial charge is 0.240 e. The molecule has 4 nitrogen and oxygen atoms in total. The average Bonchev–Trinajstić information content (AvgIpc) is 2.99. The minimum atomic E-state index is -3.39. The third kappa shape index (κ3) is 4.28. The number of sulfonamides is 1. The Morgan fingerprint density at radius 2 is 1.90 bits per heavy atom. The van der Waals surface area contributed by atoms with Crippen LogP contribution in [0.5, 0.6) is 0 Å². The summed E-state index contributed by atoms with van der Waals surface area (Å²) in [7, 11) is -1.52. The van der Waals surface area contributed by atoms with Gasteiger partial charge in [0.15, 0.2) is 0 Å². The van der Waals surface area contributed by atoms with Crippen LogP contribution in [-0.2, 0) is 23.0 Å². The summed E-state index contributed by atoms with van der Waals surface area (Å²) in [5, 5.41) is 3.10. The molecule has 0 unspecified atom stereocenters. The van der Waals surface area contributed by atoms with E-state index in [1.54, 1.807) is 12.1 Å². The Hall–Kier alpha value is -0.910. The summed E-state index contributed by atoms with van der Waals surface area (Å²) in [5.41, 5.74) is 2.25. The first-order valence-corrected chi connectivity index (χ1v) is 9.31. The van der Waals surface area contributed by atoms with Gasteiger partial charge in [-0.15, -0.1) is 0 Å². The summed E-state index contributed by atoms with van der Waals surface area (Å²) in [6.45, 7) is 3.34. The topological polar surface area (TPSA) is 58.2 Å². The van der Waals surface area contributed by atoms with Crippen molar-refractivity contribution in [1.82, 2.24) is 10.0 Å². The van der Waals surface area contributed by atoms with E-state index in [9.17, 15) is 8.42 Å². The summed E-state index contributed by atoms with van der Waals surface area (Å²) >= 11 is 0. The highest BCUT2D eigenvalue weighted by Gasteiger charge is 2.20. The molecule has 1 aliphatic carbocycles. The molecule has 0 atom stereocenters. The van der Waals surface area contributed by atoms with Gasteiger partial charge in [0.2, 0.25) is 10.0 Å². The fourth-order valence-corrected chi connectivity index (χ4v) is 4.16. The maximum atomic E-state index is 12.4. The molecule has 5 heteroatoms. The molecule has 0 spiro atoms. The zero-order chi connectivity index (χ0) is 15.3. The second kappa shape index (κ2) is 7.38. The van der Waals surface area contributed by atoms with Crippen molar-refractivity contribution < 1.29 is 8.42 Å². The normalized spacial score (nSPS) is 16.5. The largest absolute Gasteiger partial charge is 0.316 e. The third-order valence-electron chi connectivity index (χ3n) is 4.27. The Morgan fingerprint density at radius 1 is 1.19 bits per heavy atom. The van der Waals surface area contributed by atoms with Crippen molar-refractivity contribution in [3.63, 3.8) is 0 Å². The zero-order valence-electron chi connectivity index (χ0n) is 13.0. The fraction of sp³-hybridized carbons (Fsp3) is 0.625. The lowest BCUT2D eigenvalue weighted by atomic mass is 10.1. The Bertz CT molecular complexity index is 564. The van der Waals surface area contributed by atoms with E-state index in [1.807, 2.05) is 13.1 Å². The molecule has 1 fully saturated rings. The Labute approximate surface area is 128 Å². The van der Waals surface area contributed by atoms with Crippen molar-refractivity contribution >= 4 is 10.0 Å². The quantitative estimate of drug-likeness (QED) is 0.813. The minimum absolute atomic E-state index is 0.378. The van der Waals surface area contributed by atoms with Gasteiger partial charge in [0.05, 0.1) is 4.90 Å². The Kier molecular flexibility index (Phi) is 5.79. The molecule has 0 aliphatic heterocycles. The van der Waals surface area contributed by atoms with E-state index >= 15 is 0 Å². The molecule has 1 aromatic rings. The van der Waals surface area contributed by atoms with E-state index in [0.29, 0.717) is 23.9 Å². The number of benzene rings is 1. The molecule has 0 saturated heterocycles. The summed E-state index contributed by atoms with van der Waals surface area (Å²) in [6, 6.07) is 5.44. The van der Waals surface area contributed by atoms with Crippen molar-refractivity contribution in [2.24, 2.45) is 5.92 Å². The first-order chi connectivity index (χ1) is 10.1. The van der Waals surface area contributed by atoms with Crippen LogP contribution in [0.15, 0.2) is 23.1 Å². The van der Waals surface area contributed by atoms with Gasteiger partial charge in [-0.05, 0) is 55.5 Å². The molecule has 2 rings (SSSR count). The highest BCUT2D eigenvalue weighted by atomic mass is 32.2. The zero-order valence-corrected chi connectivity index (χ0v) is 13.8. The summed E-state index contributed by atoms with van der Waals surface area (Å²) in [5.74, 6) is 0.506. The summed E-state index contributed by atoms with van der Waals surface area (Å²) < 4.78 is 27.6. The molecule has 0 heterocycles. The lowest BCUT2D eigenvalue weighted by Gasteiger charge is -2.13. The first-order valence-electron chi connectivity index (χ1n) is 7.83. The fourth-order valence-electron chi connectivity index (χ4n) is 2.99. The van der Waals surface area contributed by atoms with Gasteiger partial charge in [-0.3, -0.25) is 0 Å². The Morgan fingerprint density at radius 3 is 2.52 bits per heavy atom. The van der Waals surface area contributed by atoms with Crippen molar-refractivity contribution in [3.8, 4) is 0 Å². The van der Waals surface area contributed by atoms with E-state index in [0.717, 1.165) is 24.8 Å². The molecule has 0 amide bonds. The van der Waals surface area contributed by atoms with Crippen LogP contribution in [-0.4, -0.2) is 22.0 Å². The molecule has 1 saturated carbocycles.